The summed E-state index contributed by atoms with van der Waals surface area (Å²) in [7, 11) is 0. The lowest BCUT2D eigenvalue weighted by Gasteiger charge is -2.15. The van der Waals surface area contributed by atoms with Crippen LogP contribution in [0.2, 0.25) is 5.02 Å². The number of ether oxygens (including phenoxy) is 2. The Bertz CT molecular complexity index is 1410. The highest BCUT2D eigenvalue weighted by Crippen LogP contribution is 2.36. The van der Waals surface area contributed by atoms with Crippen LogP contribution in [0.5, 0.6) is 11.6 Å². The topological polar surface area (TPSA) is 98.8 Å². The number of nitrogens with zero attached hydrogens (tertiary/aromatic N) is 2. The van der Waals surface area contributed by atoms with Crippen LogP contribution >= 0.6 is 11.6 Å². The lowest BCUT2D eigenvalue weighted by atomic mass is 10.0. The standard InChI is InChI=1S/C27H24ClF3N4O3/c1-16-11-12-22(18-7-4-6-17(16)18)38-26-21(10-5-13-33-26)34-24(36)15-37-25(14-23(32)27(29,30)31)35-20-9-3-2-8-19(20)28/h2-3,5,8-14H,4,6-7,15,32H2,1H3,(H,34,36). The Hall–Kier alpha value is -4.05. The van der Waals surface area contributed by atoms with E-state index in [0.29, 0.717) is 11.8 Å². The number of aliphatic imine (C=N–C) groups is 1. The van der Waals surface area contributed by atoms with Crippen molar-refractivity contribution in [3.8, 4) is 11.6 Å². The number of nitrogens with one attached hydrogen (secondary N) is 1. The van der Waals surface area contributed by atoms with Crippen molar-refractivity contribution in [2.75, 3.05) is 11.9 Å². The van der Waals surface area contributed by atoms with E-state index in [0.717, 1.165) is 24.8 Å². The van der Waals surface area contributed by atoms with Crippen molar-refractivity contribution in [3.63, 3.8) is 0 Å². The first-order valence-electron chi connectivity index (χ1n) is 11.7. The summed E-state index contributed by atoms with van der Waals surface area (Å²) in [5, 5.41) is 2.79. The molecule has 11 heteroatoms. The van der Waals surface area contributed by atoms with Gasteiger partial charge in [0, 0.05) is 12.3 Å². The summed E-state index contributed by atoms with van der Waals surface area (Å²) in [6.45, 7) is 1.39. The van der Waals surface area contributed by atoms with E-state index in [4.69, 9.17) is 26.8 Å². The number of aromatic nitrogens is 1. The van der Waals surface area contributed by atoms with Crippen LogP contribution in [-0.2, 0) is 22.4 Å². The molecule has 1 aliphatic carbocycles. The number of anilines is 1. The van der Waals surface area contributed by atoms with E-state index in [2.05, 4.69) is 22.2 Å². The van der Waals surface area contributed by atoms with Gasteiger partial charge in [0.2, 0.25) is 11.8 Å². The van der Waals surface area contributed by atoms with Crippen molar-refractivity contribution in [1.82, 2.24) is 4.98 Å². The fraction of sp³-hybridized carbons (Fsp3) is 0.222. The van der Waals surface area contributed by atoms with Crippen LogP contribution in [0.25, 0.3) is 0 Å². The maximum atomic E-state index is 13.0. The van der Waals surface area contributed by atoms with E-state index in [1.165, 1.54) is 29.5 Å². The van der Waals surface area contributed by atoms with Crippen molar-refractivity contribution < 1.29 is 27.4 Å². The van der Waals surface area contributed by atoms with Gasteiger partial charge in [0.05, 0.1) is 10.7 Å². The van der Waals surface area contributed by atoms with Crippen molar-refractivity contribution in [1.29, 1.82) is 0 Å². The Morgan fingerprint density at radius 3 is 2.68 bits per heavy atom. The summed E-state index contributed by atoms with van der Waals surface area (Å²) in [6.07, 6.45) is 0.0992. The molecule has 2 aromatic carbocycles. The molecule has 0 atom stereocenters. The van der Waals surface area contributed by atoms with Gasteiger partial charge < -0.3 is 20.5 Å². The van der Waals surface area contributed by atoms with Crippen LogP contribution in [0, 0.1) is 6.92 Å². The van der Waals surface area contributed by atoms with Crippen molar-refractivity contribution in [2.24, 2.45) is 10.7 Å². The second-order valence-electron chi connectivity index (χ2n) is 8.49. The molecule has 0 spiro atoms. The number of para-hydroxylation sites is 1. The van der Waals surface area contributed by atoms with E-state index in [-0.39, 0.29) is 22.3 Å². The average molecular weight is 545 g/mol. The van der Waals surface area contributed by atoms with E-state index >= 15 is 0 Å². The minimum Gasteiger partial charge on any atom is -0.467 e. The van der Waals surface area contributed by atoms with E-state index < -0.39 is 30.3 Å². The summed E-state index contributed by atoms with van der Waals surface area (Å²) in [5.74, 6) is -0.385. The summed E-state index contributed by atoms with van der Waals surface area (Å²) in [5.41, 5.74) is 7.67. The number of halogens is 4. The molecule has 7 nitrogen and oxygen atoms in total. The first-order chi connectivity index (χ1) is 18.1. The van der Waals surface area contributed by atoms with Gasteiger partial charge >= 0.3 is 6.18 Å². The number of aryl methyl sites for hydroxylation is 1. The summed E-state index contributed by atoms with van der Waals surface area (Å²) in [6, 6.07) is 13.3. The smallest absolute Gasteiger partial charge is 0.430 e. The van der Waals surface area contributed by atoms with Crippen LogP contribution in [0.4, 0.5) is 24.5 Å². The molecule has 0 saturated carbocycles. The minimum atomic E-state index is -4.81. The molecule has 0 radical (unpaired) electrons. The summed E-state index contributed by atoms with van der Waals surface area (Å²) >= 11 is 6.06. The molecule has 0 fully saturated rings. The monoisotopic (exact) mass is 544 g/mol. The molecule has 198 valence electrons. The first kappa shape index (κ1) is 27.0. The summed E-state index contributed by atoms with van der Waals surface area (Å²) < 4.78 is 50.4. The number of carbonyl (C=O) groups is 1. The number of allylic oxidation sites excluding steroid dienone is 1. The molecule has 0 unspecified atom stereocenters. The van der Waals surface area contributed by atoms with Gasteiger partial charge in [-0.05, 0) is 73.2 Å². The number of fused-ring (bicyclic) bond motifs is 1. The van der Waals surface area contributed by atoms with Crippen molar-refractivity contribution in [2.45, 2.75) is 32.4 Å². The first-order valence-corrected chi connectivity index (χ1v) is 12.0. The highest BCUT2D eigenvalue weighted by Gasteiger charge is 2.32. The number of benzene rings is 2. The number of alkyl halides is 3. The molecule has 1 aliphatic rings. The van der Waals surface area contributed by atoms with Gasteiger partial charge in [-0.3, -0.25) is 4.79 Å². The quantitative estimate of drug-likeness (QED) is 0.264. The Morgan fingerprint density at radius 1 is 1.16 bits per heavy atom. The number of carbonyl (C=O) groups excluding carboxylic acids is 1. The third-order valence-electron chi connectivity index (χ3n) is 5.77. The Morgan fingerprint density at radius 2 is 1.92 bits per heavy atom. The summed E-state index contributed by atoms with van der Waals surface area (Å²) in [4.78, 5) is 20.9. The van der Waals surface area contributed by atoms with Gasteiger partial charge in [0.15, 0.2) is 6.61 Å². The molecule has 1 amide bonds. The van der Waals surface area contributed by atoms with E-state index in [1.807, 2.05) is 12.1 Å². The molecule has 4 rings (SSSR count). The average Bonchev–Trinajstić information content (AvgIpc) is 3.37. The molecule has 0 saturated heterocycles. The number of pyridine rings is 1. The number of amides is 1. The van der Waals surface area contributed by atoms with E-state index in [1.54, 1.807) is 24.3 Å². The highest BCUT2D eigenvalue weighted by atomic mass is 35.5. The van der Waals surface area contributed by atoms with Crippen molar-refractivity contribution in [3.05, 3.63) is 88.2 Å². The maximum Gasteiger partial charge on any atom is 0.430 e. The Balaban J connectivity index is 1.50. The predicted octanol–water partition coefficient (Wildman–Crippen LogP) is 6.41. The molecule has 3 N–H and O–H groups in total. The second kappa shape index (κ2) is 11.6. The zero-order valence-electron chi connectivity index (χ0n) is 20.3. The molecule has 1 aromatic heterocycles. The zero-order valence-corrected chi connectivity index (χ0v) is 21.1. The van der Waals surface area contributed by atoms with Crippen LogP contribution in [0.1, 0.15) is 23.1 Å². The van der Waals surface area contributed by atoms with Crippen LogP contribution in [0.15, 0.2) is 71.5 Å². The second-order valence-corrected chi connectivity index (χ2v) is 8.89. The molecule has 1 heterocycles. The zero-order chi connectivity index (χ0) is 27.3. The van der Waals surface area contributed by atoms with Gasteiger partial charge in [-0.25, -0.2) is 9.98 Å². The largest absolute Gasteiger partial charge is 0.467 e. The number of hydrogen-bond donors (Lipinski definition) is 2. The third-order valence-corrected chi connectivity index (χ3v) is 6.09. The fourth-order valence-corrected chi connectivity index (χ4v) is 4.11. The maximum absolute atomic E-state index is 13.0. The molecular formula is C27H24ClF3N4O3. The van der Waals surface area contributed by atoms with Crippen LogP contribution in [0.3, 0.4) is 0 Å². The normalized spacial score (nSPS) is 13.7. The van der Waals surface area contributed by atoms with Gasteiger partial charge in [-0.2, -0.15) is 13.2 Å². The molecule has 0 bridgehead atoms. The lowest BCUT2D eigenvalue weighted by molar-refractivity contribution is -0.118. The number of rotatable bonds is 7. The number of hydrogen-bond acceptors (Lipinski definition) is 6. The molecular weight excluding hydrogens is 521 g/mol. The number of nitrogens with two attached hydrogens (primary N) is 1. The molecule has 0 aliphatic heterocycles. The van der Waals surface area contributed by atoms with Gasteiger partial charge in [-0.1, -0.05) is 29.8 Å². The lowest BCUT2D eigenvalue weighted by Crippen LogP contribution is -2.24. The molecule has 3 aromatic rings. The van der Waals surface area contributed by atoms with Crippen LogP contribution < -0.4 is 15.8 Å². The fourth-order valence-electron chi connectivity index (χ4n) is 3.93. The SMILES string of the molecule is Cc1ccc(Oc2ncccc2NC(=O)COC(C=C(N)C(F)(F)F)=Nc2ccccc2Cl)c2c1CCC2. The predicted molar refractivity (Wildman–Crippen MR) is 139 cm³/mol. The van der Waals surface area contributed by atoms with Crippen molar-refractivity contribution >= 4 is 34.8 Å². The third kappa shape index (κ3) is 6.63. The highest BCUT2D eigenvalue weighted by molar-refractivity contribution is 6.33. The minimum absolute atomic E-state index is 0.143. The van der Waals surface area contributed by atoms with Gasteiger partial charge in [0.25, 0.3) is 5.91 Å². The Labute approximate surface area is 222 Å². The van der Waals surface area contributed by atoms with Crippen LogP contribution in [-0.4, -0.2) is 29.6 Å². The van der Waals surface area contributed by atoms with Gasteiger partial charge in [0.1, 0.15) is 17.1 Å². The molecule has 38 heavy (non-hydrogen) atoms. The van der Waals surface area contributed by atoms with E-state index in [9.17, 15) is 18.0 Å². The Kier molecular flexibility index (Phi) is 8.21. The van der Waals surface area contributed by atoms with Gasteiger partial charge in [-0.15, -0.1) is 0 Å².